The van der Waals surface area contributed by atoms with Crippen LogP contribution in [0, 0.1) is 13.8 Å². The van der Waals surface area contributed by atoms with E-state index in [1.165, 1.54) is 6.07 Å². The number of para-hydroxylation sites is 1. The van der Waals surface area contributed by atoms with Crippen LogP contribution in [0.4, 0.5) is 5.69 Å². The minimum atomic E-state index is -0.415. The van der Waals surface area contributed by atoms with Crippen molar-refractivity contribution in [2.45, 2.75) is 13.8 Å². The van der Waals surface area contributed by atoms with Crippen LogP contribution < -0.4 is 10.9 Å². The standard InChI is InChI=1S/C20H15NO4/c1-11-9-18(22)24-17-10-13(7-8-14(11)17)21-20(23)19-12(2)15-5-3-4-6-16(15)25-19/h3-10H,1-2H3,(H,21,23). The first-order valence-corrected chi connectivity index (χ1v) is 7.87. The van der Waals surface area contributed by atoms with E-state index < -0.39 is 5.63 Å². The van der Waals surface area contributed by atoms with Gasteiger partial charge in [-0.15, -0.1) is 0 Å². The van der Waals surface area contributed by atoms with E-state index in [0.29, 0.717) is 16.9 Å². The largest absolute Gasteiger partial charge is 0.451 e. The van der Waals surface area contributed by atoms with Crippen molar-refractivity contribution in [2.75, 3.05) is 5.32 Å². The SMILES string of the molecule is Cc1cc(=O)oc2cc(NC(=O)c3oc4ccccc4c3C)ccc12. The fourth-order valence-corrected chi connectivity index (χ4v) is 2.98. The molecule has 0 radical (unpaired) electrons. The highest BCUT2D eigenvalue weighted by Gasteiger charge is 2.17. The fraction of sp³-hybridized carbons (Fsp3) is 0.100. The molecule has 2 aromatic carbocycles. The third-order valence-corrected chi connectivity index (χ3v) is 4.26. The Bertz CT molecular complexity index is 1180. The highest BCUT2D eigenvalue weighted by atomic mass is 16.4. The van der Waals surface area contributed by atoms with Gasteiger partial charge in [0.05, 0.1) is 0 Å². The zero-order valence-corrected chi connectivity index (χ0v) is 13.8. The van der Waals surface area contributed by atoms with Crippen LogP contribution in [-0.2, 0) is 0 Å². The maximum atomic E-state index is 12.6. The number of furan rings is 1. The van der Waals surface area contributed by atoms with Crippen molar-refractivity contribution in [3.8, 4) is 0 Å². The zero-order valence-electron chi connectivity index (χ0n) is 13.8. The molecule has 1 N–H and O–H groups in total. The third-order valence-electron chi connectivity index (χ3n) is 4.26. The first-order valence-electron chi connectivity index (χ1n) is 7.87. The van der Waals surface area contributed by atoms with E-state index >= 15 is 0 Å². The summed E-state index contributed by atoms with van der Waals surface area (Å²) in [5.41, 5.74) is 2.84. The molecule has 0 fully saturated rings. The molecule has 2 heterocycles. The first-order chi connectivity index (χ1) is 12.0. The number of amides is 1. The number of fused-ring (bicyclic) bond motifs is 2. The number of aryl methyl sites for hydroxylation is 2. The number of hydrogen-bond donors (Lipinski definition) is 1. The van der Waals surface area contributed by atoms with E-state index in [-0.39, 0.29) is 11.7 Å². The van der Waals surface area contributed by atoms with E-state index in [9.17, 15) is 9.59 Å². The van der Waals surface area contributed by atoms with Crippen molar-refractivity contribution >= 4 is 33.5 Å². The molecular formula is C20H15NO4. The van der Waals surface area contributed by atoms with Gasteiger partial charge in [0, 0.05) is 34.2 Å². The summed E-state index contributed by atoms with van der Waals surface area (Å²) in [7, 11) is 0. The lowest BCUT2D eigenvalue weighted by molar-refractivity contribution is 0.0998. The van der Waals surface area contributed by atoms with Gasteiger partial charge in [-0.05, 0) is 37.6 Å². The van der Waals surface area contributed by atoms with Crippen molar-refractivity contribution in [1.82, 2.24) is 0 Å². The Morgan fingerprint density at radius 2 is 1.72 bits per heavy atom. The topological polar surface area (TPSA) is 72.5 Å². The molecular weight excluding hydrogens is 318 g/mol. The molecule has 0 aliphatic rings. The Morgan fingerprint density at radius 1 is 0.920 bits per heavy atom. The molecule has 2 aromatic heterocycles. The van der Waals surface area contributed by atoms with Gasteiger partial charge in [-0.2, -0.15) is 0 Å². The molecule has 4 aromatic rings. The Labute approximate surface area is 142 Å². The van der Waals surface area contributed by atoms with Crippen LogP contribution in [0.2, 0.25) is 0 Å². The molecule has 1 amide bonds. The summed E-state index contributed by atoms with van der Waals surface area (Å²) in [6.07, 6.45) is 0. The molecule has 25 heavy (non-hydrogen) atoms. The Morgan fingerprint density at radius 3 is 2.52 bits per heavy atom. The van der Waals surface area contributed by atoms with Gasteiger partial charge in [-0.3, -0.25) is 4.79 Å². The number of hydrogen-bond acceptors (Lipinski definition) is 4. The number of carbonyl (C=O) groups excluding carboxylic acids is 1. The predicted molar refractivity (Wildman–Crippen MR) is 96.1 cm³/mol. The number of rotatable bonds is 2. The second-order valence-corrected chi connectivity index (χ2v) is 5.97. The lowest BCUT2D eigenvalue weighted by Gasteiger charge is -2.06. The molecule has 0 saturated carbocycles. The summed E-state index contributed by atoms with van der Waals surface area (Å²) in [6, 6.07) is 14.2. The third kappa shape index (κ3) is 2.59. The minimum absolute atomic E-state index is 0.270. The second-order valence-electron chi connectivity index (χ2n) is 5.97. The molecule has 5 heteroatoms. The number of nitrogens with one attached hydrogen (secondary N) is 1. The van der Waals surface area contributed by atoms with E-state index in [4.69, 9.17) is 8.83 Å². The van der Waals surface area contributed by atoms with Gasteiger partial charge in [0.15, 0.2) is 5.76 Å². The maximum Gasteiger partial charge on any atom is 0.336 e. The van der Waals surface area contributed by atoms with Gasteiger partial charge >= 0.3 is 5.63 Å². The summed E-state index contributed by atoms with van der Waals surface area (Å²) in [5.74, 6) is -0.0740. The van der Waals surface area contributed by atoms with Crippen molar-refractivity contribution in [2.24, 2.45) is 0 Å². The molecule has 0 aliphatic carbocycles. The van der Waals surface area contributed by atoms with Crippen LogP contribution in [0.5, 0.6) is 0 Å². The van der Waals surface area contributed by atoms with E-state index in [1.807, 2.05) is 44.2 Å². The lowest BCUT2D eigenvalue weighted by atomic mass is 10.1. The van der Waals surface area contributed by atoms with Gasteiger partial charge in [-0.1, -0.05) is 18.2 Å². The summed E-state index contributed by atoms with van der Waals surface area (Å²) < 4.78 is 10.9. The molecule has 0 bridgehead atoms. The predicted octanol–water partition coefficient (Wildman–Crippen LogP) is 4.41. The summed E-state index contributed by atoms with van der Waals surface area (Å²) in [6.45, 7) is 3.69. The maximum absolute atomic E-state index is 12.6. The number of benzene rings is 2. The van der Waals surface area contributed by atoms with E-state index in [2.05, 4.69) is 5.32 Å². The molecule has 0 saturated heterocycles. The summed E-state index contributed by atoms with van der Waals surface area (Å²) in [4.78, 5) is 24.1. The average molecular weight is 333 g/mol. The molecule has 0 unspecified atom stereocenters. The molecule has 124 valence electrons. The monoisotopic (exact) mass is 333 g/mol. The van der Waals surface area contributed by atoms with Crippen LogP contribution >= 0.6 is 0 Å². The zero-order chi connectivity index (χ0) is 17.6. The Balaban J connectivity index is 1.71. The van der Waals surface area contributed by atoms with Gasteiger partial charge in [-0.25, -0.2) is 4.79 Å². The number of carbonyl (C=O) groups is 1. The minimum Gasteiger partial charge on any atom is -0.451 e. The average Bonchev–Trinajstić information content (AvgIpc) is 2.92. The van der Waals surface area contributed by atoms with Crippen LogP contribution in [0.15, 0.2) is 62.2 Å². The summed E-state index contributed by atoms with van der Waals surface area (Å²) >= 11 is 0. The van der Waals surface area contributed by atoms with Crippen LogP contribution in [0.25, 0.3) is 21.9 Å². The van der Waals surface area contributed by atoms with Crippen molar-refractivity contribution in [3.63, 3.8) is 0 Å². The molecule has 0 spiro atoms. The molecule has 0 atom stereocenters. The Hall–Kier alpha value is -3.34. The van der Waals surface area contributed by atoms with Crippen LogP contribution in [-0.4, -0.2) is 5.91 Å². The molecule has 5 nitrogen and oxygen atoms in total. The first kappa shape index (κ1) is 15.2. The van der Waals surface area contributed by atoms with Crippen molar-refractivity contribution < 1.29 is 13.6 Å². The summed E-state index contributed by atoms with van der Waals surface area (Å²) in [5, 5.41) is 4.54. The van der Waals surface area contributed by atoms with Gasteiger partial charge in [0.25, 0.3) is 5.91 Å². The fourth-order valence-electron chi connectivity index (χ4n) is 2.98. The van der Waals surface area contributed by atoms with Gasteiger partial charge in [0.2, 0.25) is 0 Å². The van der Waals surface area contributed by atoms with Crippen molar-refractivity contribution in [3.05, 3.63) is 75.8 Å². The normalized spacial score (nSPS) is 11.1. The number of anilines is 1. The smallest absolute Gasteiger partial charge is 0.336 e. The Kier molecular flexibility index (Phi) is 3.42. The molecule has 0 aliphatic heterocycles. The van der Waals surface area contributed by atoms with E-state index in [1.54, 1.807) is 12.1 Å². The lowest BCUT2D eigenvalue weighted by Crippen LogP contribution is -2.12. The van der Waals surface area contributed by atoms with Crippen molar-refractivity contribution in [1.29, 1.82) is 0 Å². The quantitative estimate of drug-likeness (QED) is 0.552. The van der Waals surface area contributed by atoms with Gasteiger partial charge in [0.1, 0.15) is 11.2 Å². The van der Waals surface area contributed by atoms with Crippen LogP contribution in [0.1, 0.15) is 21.7 Å². The highest BCUT2D eigenvalue weighted by Crippen LogP contribution is 2.26. The van der Waals surface area contributed by atoms with Crippen LogP contribution in [0.3, 0.4) is 0 Å². The van der Waals surface area contributed by atoms with Gasteiger partial charge < -0.3 is 14.2 Å². The highest BCUT2D eigenvalue weighted by molar-refractivity contribution is 6.07. The second kappa shape index (κ2) is 5.63. The molecule has 4 rings (SSSR count). The van der Waals surface area contributed by atoms with E-state index in [0.717, 1.165) is 21.9 Å².